The average Bonchev–Trinajstić information content (AvgIpc) is 2.59. The number of carbonyl (C=O) groups excluding carboxylic acids is 1. The Kier molecular flexibility index (Phi) is 5.82. The molecule has 2 aromatic carbocycles. The summed E-state index contributed by atoms with van der Waals surface area (Å²) in [6, 6.07) is 9.75. The standard InChI is InChI=1S/C17H18O6/c1-20-11-23-15-6-4-13(8-17(15)21-2)10-22-16-7-12(9-18)3-5-14(16)19/h3-9,19H,10-11H2,1-2H3. The van der Waals surface area contributed by atoms with Crippen LogP contribution in [0.4, 0.5) is 0 Å². The quantitative estimate of drug-likeness (QED) is 0.596. The Morgan fingerprint density at radius 2 is 1.83 bits per heavy atom. The highest BCUT2D eigenvalue weighted by Crippen LogP contribution is 2.30. The third-order valence-electron chi connectivity index (χ3n) is 3.07. The van der Waals surface area contributed by atoms with Crippen LogP contribution in [-0.2, 0) is 11.3 Å². The van der Waals surface area contributed by atoms with Crippen molar-refractivity contribution in [2.75, 3.05) is 21.0 Å². The molecule has 0 aliphatic rings. The van der Waals surface area contributed by atoms with Gasteiger partial charge in [-0.15, -0.1) is 0 Å². The number of aldehydes is 1. The normalized spacial score (nSPS) is 10.2. The first-order chi connectivity index (χ1) is 11.2. The fraction of sp³-hybridized carbons (Fsp3) is 0.235. The Morgan fingerprint density at radius 1 is 1.00 bits per heavy atom. The maximum atomic E-state index is 10.8. The number of hydrogen-bond donors (Lipinski definition) is 1. The third kappa shape index (κ3) is 4.37. The van der Waals surface area contributed by atoms with Crippen LogP contribution in [0.2, 0.25) is 0 Å². The molecule has 0 aliphatic carbocycles. The van der Waals surface area contributed by atoms with Gasteiger partial charge in [-0.1, -0.05) is 6.07 Å². The molecule has 0 saturated carbocycles. The van der Waals surface area contributed by atoms with Gasteiger partial charge in [0.25, 0.3) is 0 Å². The Morgan fingerprint density at radius 3 is 2.52 bits per heavy atom. The van der Waals surface area contributed by atoms with Gasteiger partial charge in [-0.3, -0.25) is 4.79 Å². The summed E-state index contributed by atoms with van der Waals surface area (Å²) in [4.78, 5) is 10.8. The van der Waals surface area contributed by atoms with Crippen molar-refractivity contribution in [3.63, 3.8) is 0 Å². The second kappa shape index (κ2) is 8.05. The summed E-state index contributed by atoms with van der Waals surface area (Å²) in [6.07, 6.45) is 0.692. The van der Waals surface area contributed by atoms with Crippen molar-refractivity contribution in [1.82, 2.24) is 0 Å². The zero-order chi connectivity index (χ0) is 16.7. The molecule has 0 unspecified atom stereocenters. The first-order valence-electron chi connectivity index (χ1n) is 6.87. The first-order valence-corrected chi connectivity index (χ1v) is 6.87. The SMILES string of the molecule is COCOc1ccc(COc2cc(C=O)ccc2O)cc1OC. The van der Waals surface area contributed by atoms with E-state index in [4.69, 9.17) is 18.9 Å². The van der Waals surface area contributed by atoms with Crippen LogP contribution >= 0.6 is 0 Å². The van der Waals surface area contributed by atoms with E-state index in [2.05, 4.69) is 0 Å². The van der Waals surface area contributed by atoms with Gasteiger partial charge in [0, 0.05) is 12.7 Å². The van der Waals surface area contributed by atoms with E-state index in [1.807, 2.05) is 6.07 Å². The number of carbonyl (C=O) groups is 1. The maximum Gasteiger partial charge on any atom is 0.188 e. The van der Waals surface area contributed by atoms with Crippen LogP contribution in [0.1, 0.15) is 15.9 Å². The summed E-state index contributed by atoms with van der Waals surface area (Å²) in [5, 5.41) is 9.75. The van der Waals surface area contributed by atoms with E-state index >= 15 is 0 Å². The minimum atomic E-state index is -0.0254. The van der Waals surface area contributed by atoms with Crippen molar-refractivity contribution in [3.05, 3.63) is 47.5 Å². The molecular weight excluding hydrogens is 300 g/mol. The van der Waals surface area contributed by atoms with Crippen LogP contribution in [-0.4, -0.2) is 32.4 Å². The summed E-state index contributed by atoms with van der Waals surface area (Å²) in [5.74, 6) is 1.33. The van der Waals surface area contributed by atoms with Crippen LogP contribution in [0.15, 0.2) is 36.4 Å². The smallest absolute Gasteiger partial charge is 0.188 e. The lowest BCUT2D eigenvalue weighted by Crippen LogP contribution is -2.02. The minimum Gasteiger partial charge on any atom is -0.504 e. The van der Waals surface area contributed by atoms with Crippen molar-refractivity contribution in [2.45, 2.75) is 6.61 Å². The van der Waals surface area contributed by atoms with Crippen molar-refractivity contribution in [1.29, 1.82) is 0 Å². The molecule has 0 saturated heterocycles. The van der Waals surface area contributed by atoms with Crippen LogP contribution in [0.5, 0.6) is 23.0 Å². The molecule has 0 fully saturated rings. The molecule has 0 heterocycles. The van der Waals surface area contributed by atoms with Crippen LogP contribution < -0.4 is 14.2 Å². The van der Waals surface area contributed by atoms with Crippen molar-refractivity contribution in [2.24, 2.45) is 0 Å². The largest absolute Gasteiger partial charge is 0.504 e. The van der Waals surface area contributed by atoms with Gasteiger partial charge in [-0.2, -0.15) is 0 Å². The summed E-state index contributed by atoms with van der Waals surface area (Å²) in [5.41, 5.74) is 1.25. The number of aromatic hydroxyl groups is 1. The summed E-state index contributed by atoms with van der Waals surface area (Å²) in [6.45, 7) is 0.329. The van der Waals surface area contributed by atoms with Gasteiger partial charge in [0.15, 0.2) is 29.8 Å². The average molecular weight is 318 g/mol. The number of phenols is 1. The predicted molar refractivity (Wildman–Crippen MR) is 83.3 cm³/mol. The highest BCUT2D eigenvalue weighted by atomic mass is 16.7. The molecule has 0 radical (unpaired) electrons. The molecule has 1 N–H and O–H groups in total. The molecule has 6 heteroatoms. The zero-order valence-electron chi connectivity index (χ0n) is 12.9. The second-order valence-electron chi connectivity index (χ2n) is 4.67. The van der Waals surface area contributed by atoms with E-state index in [0.29, 0.717) is 23.3 Å². The van der Waals surface area contributed by atoms with Gasteiger partial charge in [-0.05, 0) is 35.9 Å². The molecule has 0 aromatic heterocycles. The maximum absolute atomic E-state index is 10.8. The van der Waals surface area contributed by atoms with E-state index in [0.717, 1.165) is 5.56 Å². The van der Waals surface area contributed by atoms with Crippen LogP contribution in [0, 0.1) is 0 Å². The van der Waals surface area contributed by atoms with E-state index in [1.54, 1.807) is 19.2 Å². The van der Waals surface area contributed by atoms with Gasteiger partial charge in [0.1, 0.15) is 12.9 Å². The van der Waals surface area contributed by atoms with Crippen LogP contribution in [0.25, 0.3) is 0 Å². The topological polar surface area (TPSA) is 74.2 Å². The lowest BCUT2D eigenvalue weighted by Gasteiger charge is -2.12. The molecule has 2 aromatic rings. The number of phenolic OH excluding ortho intramolecular Hbond substituents is 1. The molecule has 0 bridgehead atoms. The highest BCUT2D eigenvalue weighted by Gasteiger charge is 2.08. The summed E-state index contributed by atoms with van der Waals surface area (Å²) < 4.78 is 21.1. The summed E-state index contributed by atoms with van der Waals surface area (Å²) >= 11 is 0. The Balaban J connectivity index is 2.10. The van der Waals surface area contributed by atoms with E-state index in [-0.39, 0.29) is 24.9 Å². The van der Waals surface area contributed by atoms with Crippen molar-refractivity contribution in [3.8, 4) is 23.0 Å². The van der Waals surface area contributed by atoms with Crippen molar-refractivity contribution < 1.29 is 28.8 Å². The van der Waals surface area contributed by atoms with Crippen LogP contribution in [0.3, 0.4) is 0 Å². The van der Waals surface area contributed by atoms with E-state index < -0.39 is 0 Å². The molecule has 23 heavy (non-hydrogen) atoms. The zero-order valence-corrected chi connectivity index (χ0v) is 12.9. The fourth-order valence-corrected chi connectivity index (χ4v) is 1.92. The lowest BCUT2D eigenvalue weighted by molar-refractivity contribution is 0.0491. The molecule has 2 rings (SSSR count). The molecule has 0 aliphatic heterocycles. The first kappa shape index (κ1) is 16.6. The minimum absolute atomic E-state index is 0.0254. The molecule has 0 amide bonds. The fourth-order valence-electron chi connectivity index (χ4n) is 1.92. The van der Waals surface area contributed by atoms with E-state index in [1.165, 1.54) is 25.3 Å². The third-order valence-corrected chi connectivity index (χ3v) is 3.07. The van der Waals surface area contributed by atoms with E-state index in [9.17, 15) is 9.90 Å². The van der Waals surface area contributed by atoms with Gasteiger partial charge >= 0.3 is 0 Å². The monoisotopic (exact) mass is 318 g/mol. The lowest BCUT2D eigenvalue weighted by atomic mass is 10.2. The number of rotatable bonds is 8. The Bertz CT molecular complexity index is 668. The molecule has 6 nitrogen and oxygen atoms in total. The molecule has 0 spiro atoms. The molecule has 0 atom stereocenters. The number of methoxy groups -OCH3 is 2. The van der Waals surface area contributed by atoms with Crippen molar-refractivity contribution >= 4 is 6.29 Å². The predicted octanol–water partition coefficient (Wildman–Crippen LogP) is 2.78. The second-order valence-corrected chi connectivity index (χ2v) is 4.67. The van der Waals surface area contributed by atoms with Gasteiger partial charge in [0.2, 0.25) is 0 Å². The number of hydrogen-bond acceptors (Lipinski definition) is 6. The van der Waals surface area contributed by atoms with Gasteiger partial charge in [0.05, 0.1) is 7.11 Å². The van der Waals surface area contributed by atoms with Gasteiger partial charge < -0.3 is 24.1 Å². The number of ether oxygens (including phenoxy) is 4. The molecular formula is C17H18O6. The van der Waals surface area contributed by atoms with Gasteiger partial charge in [-0.25, -0.2) is 0 Å². The Hall–Kier alpha value is -2.73. The Labute approximate surface area is 134 Å². The highest BCUT2D eigenvalue weighted by molar-refractivity contribution is 5.76. The summed E-state index contributed by atoms with van der Waals surface area (Å²) in [7, 11) is 3.08. The number of benzene rings is 2. The molecule has 122 valence electrons.